The predicted octanol–water partition coefficient (Wildman–Crippen LogP) is 4.35. The van der Waals surface area contributed by atoms with E-state index < -0.39 is 10.0 Å². The van der Waals surface area contributed by atoms with E-state index in [1.54, 1.807) is 23.5 Å². The molecule has 1 aliphatic rings. The molecule has 6 nitrogen and oxygen atoms in total. The number of thiazole rings is 1. The van der Waals surface area contributed by atoms with Crippen molar-refractivity contribution in [2.24, 2.45) is 0 Å². The first kappa shape index (κ1) is 18.9. The molecule has 0 bridgehead atoms. The van der Waals surface area contributed by atoms with E-state index in [9.17, 15) is 8.42 Å². The average Bonchev–Trinajstić information content (AvgIpc) is 3.41. The predicted molar refractivity (Wildman–Crippen MR) is 112 cm³/mol. The Balaban J connectivity index is 1.53. The lowest BCUT2D eigenvalue weighted by Crippen LogP contribution is -2.27. The van der Waals surface area contributed by atoms with Crippen molar-refractivity contribution >= 4 is 32.2 Å². The summed E-state index contributed by atoms with van der Waals surface area (Å²) in [5.74, 6) is 0.746. The van der Waals surface area contributed by atoms with E-state index in [1.165, 1.54) is 11.3 Å². The highest BCUT2D eigenvalue weighted by molar-refractivity contribution is 7.89. The van der Waals surface area contributed by atoms with E-state index >= 15 is 0 Å². The molecule has 1 aromatic heterocycles. The van der Waals surface area contributed by atoms with Crippen molar-refractivity contribution in [3.8, 4) is 17.0 Å². The van der Waals surface area contributed by atoms with Crippen molar-refractivity contribution in [1.29, 1.82) is 0 Å². The van der Waals surface area contributed by atoms with Gasteiger partial charge in [0.25, 0.3) is 0 Å². The minimum absolute atomic E-state index is 0.334. The molecule has 0 aliphatic carbocycles. The number of benzene rings is 2. The number of hydrogen-bond acceptors (Lipinski definition) is 6. The van der Waals surface area contributed by atoms with Gasteiger partial charge in [-0.1, -0.05) is 24.3 Å². The minimum Gasteiger partial charge on any atom is -0.495 e. The van der Waals surface area contributed by atoms with Crippen molar-refractivity contribution < 1.29 is 13.2 Å². The van der Waals surface area contributed by atoms with Crippen LogP contribution in [0.2, 0.25) is 0 Å². The summed E-state index contributed by atoms with van der Waals surface area (Å²) in [4.78, 5) is 4.95. The number of methoxy groups -OCH3 is 1. The molecule has 146 valence electrons. The molecule has 2 aromatic carbocycles. The second-order valence-corrected chi connectivity index (χ2v) is 9.29. The Morgan fingerprint density at radius 2 is 1.79 bits per heavy atom. The summed E-state index contributed by atoms with van der Waals surface area (Å²) >= 11 is 1.48. The SMILES string of the molecule is COc1ccccc1Nc1nc(-c2ccc(S(=O)(=O)N3CCCC3)cc2)cs1. The highest BCUT2D eigenvalue weighted by Crippen LogP contribution is 2.31. The number of hydrogen-bond donors (Lipinski definition) is 1. The smallest absolute Gasteiger partial charge is 0.243 e. The fourth-order valence-corrected chi connectivity index (χ4v) is 5.45. The van der Waals surface area contributed by atoms with Crippen LogP contribution in [0, 0.1) is 0 Å². The second kappa shape index (κ2) is 7.90. The Kier molecular flexibility index (Phi) is 5.34. The van der Waals surface area contributed by atoms with E-state index in [0.717, 1.165) is 40.7 Å². The van der Waals surface area contributed by atoms with Gasteiger partial charge in [-0.05, 0) is 37.1 Å². The molecule has 0 unspecified atom stereocenters. The fraction of sp³-hybridized carbons (Fsp3) is 0.250. The van der Waals surface area contributed by atoms with Crippen LogP contribution in [-0.4, -0.2) is 37.9 Å². The van der Waals surface area contributed by atoms with Crippen LogP contribution >= 0.6 is 11.3 Å². The van der Waals surface area contributed by atoms with Crippen LogP contribution < -0.4 is 10.1 Å². The number of aromatic nitrogens is 1. The number of rotatable bonds is 6. The van der Waals surface area contributed by atoms with E-state index in [4.69, 9.17) is 4.74 Å². The van der Waals surface area contributed by atoms with Crippen molar-refractivity contribution in [2.45, 2.75) is 17.7 Å². The zero-order chi connectivity index (χ0) is 19.6. The van der Waals surface area contributed by atoms with Crippen molar-refractivity contribution in [3.05, 3.63) is 53.9 Å². The Hall–Kier alpha value is -2.42. The highest BCUT2D eigenvalue weighted by atomic mass is 32.2. The lowest BCUT2D eigenvalue weighted by atomic mass is 10.2. The molecule has 1 fully saturated rings. The van der Waals surface area contributed by atoms with Crippen molar-refractivity contribution in [1.82, 2.24) is 9.29 Å². The average molecular weight is 416 g/mol. The van der Waals surface area contributed by atoms with Gasteiger partial charge in [-0.25, -0.2) is 13.4 Å². The van der Waals surface area contributed by atoms with Crippen molar-refractivity contribution in [3.63, 3.8) is 0 Å². The maximum atomic E-state index is 12.6. The maximum Gasteiger partial charge on any atom is 0.243 e. The van der Waals surface area contributed by atoms with E-state index in [2.05, 4.69) is 10.3 Å². The molecule has 0 spiro atoms. The number of anilines is 2. The van der Waals surface area contributed by atoms with Crippen molar-refractivity contribution in [2.75, 3.05) is 25.5 Å². The summed E-state index contributed by atoms with van der Waals surface area (Å²) < 4.78 is 32.2. The number of nitrogens with one attached hydrogen (secondary N) is 1. The highest BCUT2D eigenvalue weighted by Gasteiger charge is 2.27. The van der Waals surface area contributed by atoms with Crippen LogP contribution in [0.15, 0.2) is 58.8 Å². The summed E-state index contributed by atoms with van der Waals surface area (Å²) in [6, 6.07) is 14.6. The van der Waals surface area contributed by atoms with Crippen LogP contribution in [-0.2, 0) is 10.0 Å². The molecule has 8 heteroatoms. The molecule has 1 N–H and O–H groups in total. The third-order valence-electron chi connectivity index (χ3n) is 4.71. The molecule has 0 amide bonds. The first-order valence-corrected chi connectivity index (χ1v) is 11.4. The molecular formula is C20H21N3O3S2. The maximum absolute atomic E-state index is 12.6. The molecule has 1 saturated heterocycles. The Labute approximate surface area is 168 Å². The summed E-state index contributed by atoms with van der Waals surface area (Å²) in [6.07, 6.45) is 1.86. The monoisotopic (exact) mass is 415 g/mol. The zero-order valence-electron chi connectivity index (χ0n) is 15.5. The zero-order valence-corrected chi connectivity index (χ0v) is 17.1. The Morgan fingerprint density at radius 1 is 1.07 bits per heavy atom. The van der Waals surface area contributed by atoms with Gasteiger partial charge in [-0.2, -0.15) is 4.31 Å². The normalized spacial score (nSPS) is 14.9. The van der Waals surface area contributed by atoms with E-state index in [1.807, 2.05) is 41.8 Å². The Bertz CT molecular complexity index is 1060. The lowest BCUT2D eigenvalue weighted by molar-refractivity contribution is 0.417. The molecule has 0 radical (unpaired) electrons. The third kappa shape index (κ3) is 3.76. The summed E-state index contributed by atoms with van der Waals surface area (Å²) in [7, 11) is -1.76. The fourth-order valence-electron chi connectivity index (χ4n) is 3.20. The van der Waals surface area contributed by atoms with Gasteiger partial charge < -0.3 is 10.1 Å². The molecule has 4 rings (SSSR count). The van der Waals surface area contributed by atoms with Gasteiger partial charge >= 0.3 is 0 Å². The Morgan fingerprint density at radius 3 is 2.50 bits per heavy atom. The summed E-state index contributed by atoms with van der Waals surface area (Å²) in [5, 5.41) is 5.96. The minimum atomic E-state index is -3.39. The van der Waals surface area contributed by atoms with Gasteiger partial charge in [0.05, 0.1) is 23.4 Å². The molecule has 1 aliphatic heterocycles. The summed E-state index contributed by atoms with van der Waals surface area (Å²) in [5.41, 5.74) is 2.52. The van der Waals surface area contributed by atoms with Gasteiger partial charge in [0.1, 0.15) is 5.75 Å². The largest absolute Gasteiger partial charge is 0.495 e. The van der Waals surface area contributed by atoms with Crippen LogP contribution in [0.4, 0.5) is 10.8 Å². The number of sulfonamides is 1. The van der Waals surface area contributed by atoms with Crippen LogP contribution in [0.1, 0.15) is 12.8 Å². The second-order valence-electron chi connectivity index (χ2n) is 6.50. The van der Waals surface area contributed by atoms with Crippen LogP contribution in [0.5, 0.6) is 5.75 Å². The van der Waals surface area contributed by atoms with Crippen LogP contribution in [0.25, 0.3) is 11.3 Å². The topological polar surface area (TPSA) is 71.5 Å². The van der Waals surface area contributed by atoms with Gasteiger partial charge in [0, 0.05) is 24.0 Å². The van der Waals surface area contributed by atoms with E-state index in [0.29, 0.717) is 18.0 Å². The van der Waals surface area contributed by atoms with Gasteiger partial charge in [-0.3, -0.25) is 0 Å². The molecule has 3 aromatic rings. The van der Waals surface area contributed by atoms with Gasteiger partial charge in [0.15, 0.2) is 5.13 Å². The number of para-hydroxylation sites is 2. The van der Waals surface area contributed by atoms with E-state index in [-0.39, 0.29) is 0 Å². The quantitative estimate of drug-likeness (QED) is 0.648. The molecule has 2 heterocycles. The number of ether oxygens (including phenoxy) is 1. The first-order chi connectivity index (χ1) is 13.6. The molecule has 0 saturated carbocycles. The molecule has 28 heavy (non-hydrogen) atoms. The standard InChI is InChI=1S/C20H21N3O3S2/c1-26-19-7-3-2-6-17(19)21-20-22-18(14-27-20)15-8-10-16(11-9-15)28(24,25)23-12-4-5-13-23/h2-3,6-11,14H,4-5,12-13H2,1H3,(H,21,22). The molecular weight excluding hydrogens is 394 g/mol. The first-order valence-electron chi connectivity index (χ1n) is 9.04. The van der Waals surface area contributed by atoms with Gasteiger partial charge in [0.2, 0.25) is 10.0 Å². The molecule has 0 atom stereocenters. The van der Waals surface area contributed by atoms with Gasteiger partial charge in [-0.15, -0.1) is 11.3 Å². The number of nitrogens with zero attached hydrogens (tertiary/aromatic N) is 2. The summed E-state index contributed by atoms with van der Waals surface area (Å²) in [6.45, 7) is 1.21. The third-order valence-corrected chi connectivity index (χ3v) is 7.38. The van der Waals surface area contributed by atoms with Crippen LogP contribution in [0.3, 0.4) is 0 Å². The lowest BCUT2D eigenvalue weighted by Gasteiger charge is -2.15.